The van der Waals surface area contributed by atoms with Gasteiger partial charge in [-0.1, -0.05) is 30.3 Å². The van der Waals surface area contributed by atoms with Gasteiger partial charge < -0.3 is 9.88 Å². The quantitative estimate of drug-likeness (QED) is 0.776. The van der Waals surface area contributed by atoms with Gasteiger partial charge in [0.1, 0.15) is 11.6 Å². The molecule has 1 N–H and O–H groups in total. The predicted molar refractivity (Wildman–Crippen MR) is 95.1 cm³/mol. The van der Waals surface area contributed by atoms with Gasteiger partial charge in [0.2, 0.25) is 0 Å². The number of hydrogen-bond donors (Lipinski definition) is 1. The number of aromatic nitrogens is 4. The molecular formula is C18H21N5S. The zero-order valence-electron chi connectivity index (χ0n) is 13.8. The van der Waals surface area contributed by atoms with E-state index in [0.29, 0.717) is 6.04 Å². The van der Waals surface area contributed by atoms with Gasteiger partial charge in [0, 0.05) is 37.4 Å². The summed E-state index contributed by atoms with van der Waals surface area (Å²) in [5, 5.41) is 15.7. The molecule has 0 radical (unpaired) electrons. The highest BCUT2D eigenvalue weighted by atomic mass is 32.1. The molecule has 1 aliphatic heterocycles. The van der Waals surface area contributed by atoms with Crippen molar-refractivity contribution >= 4 is 11.3 Å². The number of hydrogen-bond acceptors (Lipinski definition) is 5. The molecule has 0 fully saturated rings. The van der Waals surface area contributed by atoms with E-state index in [9.17, 15) is 0 Å². The van der Waals surface area contributed by atoms with E-state index in [1.54, 1.807) is 11.3 Å². The number of nitrogens with one attached hydrogen (secondary N) is 1. The fourth-order valence-corrected chi connectivity index (χ4v) is 3.81. The lowest BCUT2D eigenvalue weighted by Gasteiger charge is -2.25. The Morgan fingerprint density at radius 1 is 1.25 bits per heavy atom. The Hall–Kier alpha value is -2.05. The Bertz CT molecular complexity index is 808. The Kier molecular flexibility index (Phi) is 4.40. The molecule has 0 bridgehead atoms. The second kappa shape index (κ2) is 6.83. The van der Waals surface area contributed by atoms with Crippen LogP contribution in [0.3, 0.4) is 0 Å². The first kappa shape index (κ1) is 15.5. The van der Waals surface area contributed by atoms with Crippen molar-refractivity contribution in [1.29, 1.82) is 0 Å². The van der Waals surface area contributed by atoms with E-state index < -0.39 is 0 Å². The summed E-state index contributed by atoms with van der Waals surface area (Å²) < 4.78 is 2.29. The molecule has 0 saturated heterocycles. The fraction of sp³-hybridized carbons (Fsp3) is 0.389. The van der Waals surface area contributed by atoms with E-state index in [0.717, 1.165) is 54.7 Å². The molecule has 24 heavy (non-hydrogen) atoms. The predicted octanol–water partition coefficient (Wildman–Crippen LogP) is 2.74. The van der Waals surface area contributed by atoms with Gasteiger partial charge in [-0.25, -0.2) is 4.98 Å². The average Bonchev–Trinajstić information content (AvgIpc) is 3.20. The highest BCUT2D eigenvalue weighted by Crippen LogP contribution is 2.18. The minimum atomic E-state index is 0.449. The highest BCUT2D eigenvalue weighted by molar-refractivity contribution is 7.09. The summed E-state index contributed by atoms with van der Waals surface area (Å²) >= 11 is 1.71. The molecule has 1 aromatic carbocycles. The fourth-order valence-electron chi connectivity index (χ4n) is 3.20. The molecule has 0 aliphatic carbocycles. The largest absolute Gasteiger partial charge is 0.313 e. The standard InChI is InChI=1S/C18H21N5S/c1-13-20-16(12-24-13)10-19-15-7-8-17-21-22-18(23(17)11-15)9-14-5-3-2-4-6-14/h2-6,12,15,19H,7-11H2,1H3/t15-/m0/s1. The maximum Gasteiger partial charge on any atom is 0.137 e. The summed E-state index contributed by atoms with van der Waals surface area (Å²) in [5.41, 5.74) is 2.41. The first-order chi connectivity index (χ1) is 11.8. The number of thiazole rings is 1. The normalized spacial score (nSPS) is 17.0. The van der Waals surface area contributed by atoms with Crippen molar-refractivity contribution in [2.45, 2.75) is 45.3 Å². The van der Waals surface area contributed by atoms with Gasteiger partial charge in [-0.15, -0.1) is 21.5 Å². The molecule has 6 heteroatoms. The van der Waals surface area contributed by atoms with Crippen LogP contribution in [0, 0.1) is 6.92 Å². The Labute approximate surface area is 145 Å². The van der Waals surface area contributed by atoms with Crippen molar-refractivity contribution in [2.75, 3.05) is 0 Å². The summed E-state index contributed by atoms with van der Waals surface area (Å²) in [6, 6.07) is 10.9. The molecule has 5 nitrogen and oxygen atoms in total. The molecule has 0 amide bonds. The second-order valence-corrected chi connectivity index (χ2v) is 7.34. The first-order valence-corrected chi connectivity index (χ1v) is 9.25. The van der Waals surface area contributed by atoms with Crippen LogP contribution in [0.25, 0.3) is 0 Å². The summed E-state index contributed by atoms with van der Waals surface area (Å²) in [6.07, 6.45) is 2.92. The van der Waals surface area contributed by atoms with Crippen molar-refractivity contribution in [1.82, 2.24) is 25.1 Å². The van der Waals surface area contributed by atoms with Crippen molar-refractivity contribution < 1.29 is 0 Å². The summed E-state index contributed by atoms with van der Waals surface area (Å²) in [5.74, 6) is 2.18. The van der Waals surface area contributed by atoms with Crippen molar-refractivity contribution in [3.63, 3.8) is 0 Å². The minimum absolute atomic E-state index is 0.449. The van der Waals surface area contributed by atoms with Crippen LogP contribution >= 0.6 is 11.3 Å². The van der Waals surface area contributed by atoms with Crippen LogP contribution in [0.15, 0.2) is 35.7 Å². The molecule has 124 valence electrons. The smallest absolute Gasteiger partial charge is 0.137 e. The van der Waals surface area contributed by atoms with Crippen LogP contribution < -0.4 is 5.32 Å². The summed E-state index contributed by atoms with van der Waals surface area (Å²) in [4.78, 5) is 4.53. The zero-order chi connectivity index (χ0) is 16.4. The van der Waals surface area contributed by atoms with Crippen molar-refractivity contribution in [3.8, 4) is 0 Å². The van der Waals surface area contributed by atoms with Gasteiger partial charge in [0.15, 0.2) is 0 Å². The van der Waals surface area contributed by atoms with Crippen LogP contribution in [0.2, 0.25) is 0 Å². The summed E-state index contributed by atoms with van der Waals surface area (Å²) in [6.45, 7) is 3.82. The van der Waals surface area contributed by atoms with E-state index in [4.69, 9.17) is 0 Å². The van der Waals surface area contributed by atoms with E-state index in [1.165, 1.54) is 5.56 Å². The lowest BCUT2D eigenvalue weighted by Crippen LogP contribution is -2.37. The minimum Gasteiger partial charge on any atom is -0.313 e. The van der Waals surface area contributed by atoms with Crippen LogP contribution in [-0.2, 0) is 25.9 Å². The molecule has 2 aromatic heterocycles. The molecular weight excluding hydrogens is 318 g/mol. The number of aryl methyl sites for hydroxylation is 2. The number of rotatable bonds is 5. The van der Waals surface area contributed by atoms with Gasteiger partial charge >= 0.3 is 0 Å². The topological polar surface area (TPSA) is 55.6 Å². The monoisotopic (exact) mass is 339 g/mol. The van der Waals surface area contributed by atoms with Gasteiger partial charge in [0.25, 0.3) is 0 Å². The maximum absolute atomic E-state index is 4.53. The van der Waals surface area contributed by atoms with E-state index in [2.05, 4.69) is 54.7 Å². The lowest BCUT2D eigenvalue weighted by atomic mass is 10.1. The molecule has 4 rings (SSSR count). The third-order valence-corrected chi connectivity index (χ3v) is 5.29. The Morgan fingerprint density at radius 2 is 2.12 bits per heavy atom. The van der Waals surface area contributed by atoms with Crippen LogP contribution in [0.1, 0.15) is 34.3 Å². The molecule has 3 aromatic rings. The van der Waals surface area contributed by atoms with E-state index in [1.807, 2.05) is 13.0 Å². The molecule has 0 unspecified atom stereocenters. The third-order valence-electron chi connectivity index (χ3n) is 4.47. The first-order valence-electron chi connectivity index (χ1n) is 8.37. The molecule has 0 spiro atoms. The molecule has 0 saturated carbocycles. The third kappa shape index (κ3) is 3.39. The number of fused-ring (bicyclic) bond motifs is 1. The maximum atomic E-state index is 4.53. The lowest BCUT2D eigenvalue weighted by molar-refractivity contribution is 0.372. The van der Waals surface area contributed by atoms with Crippen LogP contribution in [0.4, 0.5) is 0 Å². The second-order valence-electron chi connectivity index (χ2n) is 6.28. The SMILES string of the molecule is Cc1nc(CN[C@H]2CCc3nnc(Cc4ccccc4)n3C2)cs1. The van der Waals surface area contributed by atoms with E-state index >= 15 is 0 Å². The van der Waals surface area contributed by atoms with Gasteiger partial charge in [0.05, 0.1) is 10.7 Å². The van der Waals surface area contributed by atoms with Crippen molar-refractivity contribution in [3.05, 3.63) is 63.6 Å². The molecule has 3 heterocycles. The molecule has 1 aliphatic rings. The van der Waals surface area contributed by atoms with Gasteiger partial charge in [-0.2, -0.15) is 0 Å². The van der Waals surface area contributed by atoms with Gasteiger partial charge in [-0.05, 0) is 18.9 Å². The zero-order valence-corrected chi connectivity index (χ0v) is 14.6. The van der Waals surface area contributed by atoms with Crippen LogP contribution in [-0.4, -0.2) is 25.8 Å². The average molecular weight is 339 g/mol. The number of nitrogens with zero attached hydrogens (tertiary/aromatic N) is 4. The highest BCUT2D eigenvalue weighted by Gasteiger charge is 2.22. The Morgan fingerprint density at radius 3 is 2.92 bits per heavy atom. The van der Waals surface area contributed by atoms with Crippen molar-refractivity contribution in [2.24, 2.45) is 0 Å². The van der Waals surface area contributed by atoms with Gasteiger partial charge in [-0.3, -0.25) is 0 Å². The molecule has 1 atom stereocenters. The van der Waals surface area contributed by atoms with E-state index in [-0.39, 0.29) is 0 Å². The summed E-state index contributed by atoms with van der Waals surface area (Å²) in [7, 11) is 0. The van der Waals surface area contributed by atoms with Crippen LogP contribution in [0.5, 0.6) is 0 Å². The number of benzene rings is 1. The Balaban J connectivity index is 1.43.